The second-order valence-corrected chi connectivity index (χ2v) is 4.49. The van der Waals surface area contributed by atoms with Crippen LogP contribution >= 0.6 is 0 Å². The summed E-state index contributed by atoms with van der Waals surface area (Å²) in [5.41, 5.74) is 8.89. The van der Waals surface area contributed by atoms with E-state index in [-0.39, 0.29) is 13.2 Å². The zero-order chi connectivity index (χ0) is 13.7. The first kappa shape index (κ1) is 13.6. The van der Waals surface area contributed by atoms with Crippen LogP contribution < -0.4 is 5.73 Å². The molecule has 0 radical (unpaired) electrons. The highest BCUT2D eigenvalue weighted by atomic mass is 16.3. The summed E-state index contributed by atoms with van der Waals surface area (Å²) in [4.78, 5) is 4.08. The van der Waals surface area contributed by atoms with Gasteiger partial charge in [-0.2, -0.15) is 0 Å². The van der Waals surface area contributed by atoms with E-state index in [1.165, 1.54) is 5.56 Å². The molecule has 5 heteroatoms. The molecule has 0 aliphatic heterocycles. The van der Waals surface area contributed by atoms with Gasteiger partial charge in [0.1, 0.15) is 0 Å². The van der Waals surface area contributed by atoms with Crippen molar-refractivity contribution in [3.63, 3.8) is 0 Å². The largest absolute Gasteiger partial charge is 0.399 e. The van der Waals surface area contributed by atoms with E-state index >= 15 is 0 Å². The second-order valence-electron chi connectivity index (χ2n) is 4.49. The van der Waals surface area contributed by atoms with E-state index in [0.29, 0.717) is 11.4 Å². The molecule has 0 atom stereocenters. The highest BCUT2D eigenvalue weighted by Crippen LogP contribution is 2.11. The Morgan fingerprint density at radius 3 is 2.47 bits per heavy atom. The Morgan fingerprint density at radius 1 is 1.11 bits per heavy atom. The van der Waals surface area contributed by atoms with Gasteiger partial charge in [-0.25, -0.2) is 4.98 Å². The first-order valence-corrected chi connectivity index (χ1v) is 6.33. The van der Waals surface area contributed by atoms with E-state index < -0.39 is 0 Å². The van der Waals surface area contributed by atoms with Crippen molar-refractivity contribution in [2.75, 3.05) is 5.73 Å². The fraction of sp³-hybridized carbons (Fsp3) is 0.357. The van der Waals surface area contributed by atoms with Gasteiger partial charge in [0.2, 0.25) is 0 Å². The van der Waals surface area contributed by atoms with Crippen LogP contribution in [0.2, 0.25) is 0 Å². The van der Waals surface area contributed by atoms with Crippen molar-refractivity contribution in [2.45, 2.75) is 32.6 Å². The topological polar surface area (TPSA) is 84.3 Å². The van der Waals surface area contributed by atoms with Gasteiger partial charge in [-0.05, 0) is 30.5 Å². The Bertz CT molecular complexity index is 520. The Kier molecular flexibility index (Phi) is 4.54. The Labute approximate surface area is 112 Å². The summed E-state index contributed by atoms with van der Waals surface area (Å²) >= 11 is 0. The summed E-state index contributed by atoms with van der Waals surface area (Å²) in [7, 11) is 0. The van der Waals surface area contributed by atoms with Crippen molar-refractivity contribution in [3.8, 4) is 0 Å². The number of nitrogen functional groups attached to an aromatic ring is 1. The van der Waals surface area contributed by atoms with Crippen LogP contribution in [0.1, 0.15) is 23.4 Å². The van der Waals surface area contributed by atoms with Crippen molar-refractivity contribution in [1.29, 1.82) is 0 Å². The van der Waals surface area contributed by atoms with Gasteiger partial charge in [0.15, 0.2) is 0 Å². The van der Waals surface area contributed by atoms with Crippen LogP contribution in [-0.4, -0.2) is 19.8 Å². The molecule has 5 nitrogen and oxygen atoms in total. The summed E-state index contributed by atoms with van der Waals surface area (Å²) in [6.07, 6.45) is 3.55. The van der Waals surface area contributed by atoms with Crippen LogP contribution in [0.3, 0.4) is 0 Å². The number of aliphatic hydroxyl groups is 2. The first-order valence-electron chi connectivity index (χ1n) is 6.33. The molecule has 0 saturated heterocycles. The van der Waals surface area contributed by atoms with Gasteiger partial charge in [-0.15, -0.1) is 0 Å². The monoisotopic (exact) mass is 261 g/mol. The van der Waals surface area contributed by atoms with Gasteiger partial charge < -0.3 is 20.5 Å². The average Bonchev–Trinajstić information content (AvgIpc) is 2.83. The molecule has 4 N–H and O–H groups in total. The van der Waals surface area contributed by atoms with Crippen LogP contribution in [0.25, 0.3) is 0 Å². The van der Waals surface area contributed by atoms with Crippen molar-refractivity contribution >= 4 is 5.69 Å². The van der Waals surface area contributed by atoms with E-state index in [9.17, 15) is 5.11 Å². The molecule has 0 spiro atoms. The van der Waals surface area contributed by atoms with Crippen LogP contribution in [-0.2, 0) is 26.2 Å². The number of aryl methyl sites for hydroxylation is 2. The predicted molar refractivity (Wildman–Crippen MR) is 73.2 cm³/mol. The Balaban J connectivity index is 1.92. The lowest BCUT2D eigenvalue weighted by atomic mass is 10.1. The van der Waals surface area contributed by atoms with E-state index in [4.69, 9.17) is 10.8 Å². The van der Waals surface area contributed by atoms with Gasteiger partial charge in [0.05, 0.1) is 30.9 Å². The summed E-state index contributed by atoms with van der Waals surface area (Å²) in [6, 6.07) is 7.84. The zero-order valence-corrected chi connectivity index (χ0v) is 10.8. The zero-order valence-electron chi connectivity index (χ0n) is 10.8. The molecule has 102 valence electrons. The fourth-order valence-corrected chi connectivity index (χ4v) is 2.09. The van der Waals surface area contributed by atoms with Crippen LogP contribution in [0.4, 0.5) is 5.69 Å². The second kappa shape index (κ2) is 6.36. The number of anilines is 1. The maximum Gasteiger partial charge on any atom is 0.0953 e. The van der Waals surface area contributed by atoms with E-state index in [1.54, 1.807) is 6.33 Å². The SMILES string of the molecule is Nc1ccc(CCCn2cnc(CO)c2CO)cc1. The number of hydrogen-bond donors (Lipinski definition) is 3. The molecule has 0 fully saturated rings. The normalized spacial score (nSPS) is 10.8. The van der Waals surface area contributed by atoms with E-state index in [1.807, 2.05) is 28.8 Å². The molecule has 0 aliphatic carbocycles. The molecule has 0 saturated carbocycles. The Hall–Kier alpha value is -1.85. The van der Waals surface area contributed by atoms with Crippen molar-refractivity contribution in [3.05, 3.63) is 47.5 Å². The summed E-state index contributed by atoms with van der Waals surface area (Å²) < 4.78 is 1.89. The maximum atomic E-state index is 9.28. The molecule has 2 aromatic rings. The maximum absolute atomic E-state index is 9.28. The summed E-state index contributed by atoms with van der Waals surface area (Å²) in [5, 5.41) is 18.4. The summed E-state index contributed by atoms with van der Waals surface area (Å²) in [5.74, 6) is 0. The van der Waals surface area contributed by atoms with Gasteiger partial charge >= 0.3 is 0 Å². The lowest BCUT2D eigenvalue weighted by Gasteiger charge is -2.07. The smallest absolute Gasteiger partial charge is 0.0953 e. The first-order chi connectivity index (χ1) is 9.24. The lowest BCUT2D eigenvalue weighted by Crippen LogP contribution is -2.05. The molecular weight excluding hydrogens is 242 g/mol. The number of benzene rings is 1. The number of nitrogens with zero attached hydrogens (tertiary/aromatic N) is 2. The molecule has 0 aliphatic rings. The molecule has 0 amide bonds. The third-order valence-electron chi connectivity index (χ3n) is 3.18. The van der Waals surface area contributed by atoms with Crippen LogP contribution in [0, 0.1) is 0 Å². The number of hydrogen-bond acceptors (Lipinski definition) is 4. The van der Waals surface area contributed by atoms with Crippen molar-refractivity contribution in [1.82, 2.24) is 9.55 Å². The minimum absolute atomic E-state index is 0.0994. The van der Waals surface area contributed by atoms with Gasteiger partial charge in [0, 0.05) is 12.2 Å². The molecule has 2 rings (SSSR count). The van der Waals surface area contributed by atoms with E-state index in [0.717, 1.165) is 25.1 Å². The molecular formula is C14H19N3O2. The van der Waals surface area contributed by atoms with Gasteiger partial charge in [0.25, 0.3) is 0 Å². The predicted octanol–water partition coefficient (Wildman–Crippen LogP) is 1.08. The molecule has 1 aromatic heterocycles. The van der Waals surface area contributed by atoms with Gasteiger partial charge in [-0.1, -0.05) is 12.1 Å². The molecule has 1 heterocycles. The van der Waals surface area contributed by atoms with Crippen LogP contribution in [0.5, 0.6) is 0 Å². The third kappa shape index (κ3) is 3.33. The minimum atomic E-state index is -0.138. The van der Waals surface area contributed by atoms with Crippen LogP contribution in [0.15, 0.2) is 30.6 Å². The quantitative estimate of drug-likeness (QED) is 0.679. The number of nitrogens with two attached hydrogens (primary N) is 1. The third-order valence-corrected chi connectivity index (χ3v) is 3.18. The fourth-order valence-electron chi connectivity index (χ4n) is 2.09. The number of aliphatic hydroxyl groups excluding tert-OH is 2. The lowest BCUT2D eigenvalue weighted by molar-refractivity contribution is 0.250. The summed E-state index contributed by atoms with van der Waals surface area (Å²) in [6.45, 7) is 0.534. The minimum Gasteiger partial charge on any atom is -0.399 e. The number of imidazole rings is 1. The molecule has 19 heavy (non-hydrogen) atoms. The number of aromatic nitrogens is 2. The molecule has 0 unspecified atom stereocenters. The number of rotatable bonds is 6. The highest BCUT2D eigenvalue weighted by Gasteiger charge is 2.08. The van der Waals surface area contributed by atoms with Gasteiger partial charge in [-0.3, -0.25) is 0 Å². The highest BCUT2D eigenvalue weighted by molar-refractivity contribution is 5.39. The van der Waals surface area contributed by atoms with E-state index in [2.05, 4.69) is 4.98 Å². The van der Waals surface area contributed by atoms with Crippen molar-refractivity contribution in [2.24, 2.45) is 0 Å². The molecule has 1 aromatic carbocycles. The Morgan fingerprint density at radius 2 is 1.84 bits per heavy atom. The average molecular weight is 261 g/mol. The molecule has 0 bridgehead atoms. The van der Waals surface area contributed by atoms with Crippen molar-refractivity contribution < 1.29 is 10.2 Å². The standard InChI is InChI=1S/C14H19N3O2/c15-12-5-3-11(4-6-12)2-1-7-17-10-16-13(8-18)14(17)9-19/h3-6,10,18-19H,1-2,7-9,15H2.